The molecule has 21 heavy (non-hydrogen) atoms. The van der Waals surface area contributed by atoms with Gasteiger partial charge in [-0.25, -0.2) is 17.2 Å². The summed E-state index contributed by atoms with van der Waals surface area (Å²) in [6.07, 6.45) is 0. The standard InChI is InChI=1S/C13H11ClF2N2O2S/c14-12-3-8(7-17)1-2-13(12)21(19,20)18-11-5-9(15)4-10(16)6-11/h1-6,18H,7,17H2. The molecular weight excluding hydrogens is 322 g/mol. The van der Waals surface area contributed by atoms with E-state index in [4.69, 9.17) is 17.3 Å². The second-order valence-electron chi connectivity index (χ2n) is 4.23. The van der Waals surface area contributed by atoms with Gasteiger partial charge in [0, 0.05) is 12.6 Å². The van der Waals surface area contributed by atoms with E-state index in [1.54, 1.807) is 0 Å². The van der Waals surface area contributed by atoms with Gasteiger partial charge < -0.3 is 5.73 Å². The van der Waals surface area contributed by atoms with Gasteiger partial charge in [0.15, 0.2) is 0 Å². The summed E-state index contributed by atoms with van der Waals surface area (Å²) in [7, 11) is -4.06. The Bertz CT molecular complexity index is 761. The van der Waals surface area contributed by atoms with Crippen molar-refractivity contribution in [1.29, 1.82) is 0 Å². The van der Waals surface area contributed by atoms with Crippen LogP contribution in [0.2, 0.25) is 5.02 Å². The number of benzene rings is 2. The van der Waals surface area contributed by atoms with Crippen LogP contribution in [0.25, 0.3) is 0 Å². The van der Waals surface area contributed by atoms with Crippen LogP contribution in [0.5, 0.6) is 0 Å². The normalized spacial score (nSPS) is 11.4. The summed E-state index contributed by atoms with van der Waals surface area (Å²) in [4.78, 5) is -0.203. The molecule has 112 valence electrons. The van der Waals surface area contributed by atoms with E-state index in [0.29, 0.717) is 11.6 Å². The van der Waals surface area contributed by atoms with Crippen LogP contribution in [-0.2, 0) is 16.6 Å². The van der Waals surface area contributed by atoms with Crippen LogP contribution in [0.3, 0.4) is 0 Å². The topological polar surface area (TPSA) is 72.2 Å². The monoisotopic (exact) mass is 332 g/mol. The number of nitrogens with two attached hydrogens (primary N) is 1. The Labute approximate surface area is 125 Å². The van der Waals surface area contributed by atoms with Crippen molar-refractivity contribution < 1.29 is 17.2 Å². The highest BCUT2D eigenvalue weighted by Gasteiger charge is 2.19. The van der Waals surface area contributed by atoms with Crippen molar-refractivity contribution in [1.82, 2.24) is 0 Å². The summed E-state index contributed by atoms with van der Waals surface area (Å²) < 4.78 is 52.6. The zero-order valence-electron chi connectivity index (χ0n) is 10.6. The van der Waals surface area contributed by atoms with E-state index < -0.39 is 21.7 Å². The number of hydrogen-bond acceptors (Lipinski definition) is 3. The van der Waals surface area contributed by atoms with Gasteiger partial charge in [-0.05, 0) is 29.8 Å². The minimum absolute atomic E-state index is 0.0256. The highest BCUT2D eigenvalue weighted by molar-refractivity contribution is 7.92. The predicted octanol–water partition coefficient (Wildman–Crippen LogP) is 2.88. The maximum absolute atomic E-state index is 13.1. The lowest BCUT2D eigenvalue weighted by Gasteiger charge is -2.10. The average Bonchev–Trinajstić information content (AvgIpc) is 2.36. The van der Waals surface area contributed by atoms with Crippen LogP contribution in [-0.4, -0.2) is 8.42 Å². The fourth-order valence-electron chi connectivity index (χ4n) is 1.71. The van der Waals surface area contributed by atoms with Crippen LogP contribution in [0.1, 0.15) is 5.56 Å². The number of halogens is 3. The molecule has 0 unspecified atom stereocenters. The van der Waals surface area contributed by atoms with Crippen molar-refractivity contribution in [2.24, 2.45) is 5.73 Å². The molecule has 2 aromatic rings. The van der Waals surface area contributed by atoms with Crippen LogP contribution < -0.4 is 10.5 Å². The average molecular weight is 333 g/mol. The molecule has 0 aromatic heterocycles. The SMILES string of the molecule is NCc1ccc(S(=O)(=O)Nc2cc(F)cc(F)c2)c(Cl)c1. The molecule has 4 nitrogen and oxygen atoms in total. The lowest BCUT2D eigenvalue weighted by molar-refractivity contribution is 0.584. The van der Waals surface area contributed by atoms with E-state index in [2.05, 4.69) is 4.72 Å². The molecule has 0 aliphatic heterocycles. The zero-order valence-corrected chi connectivity index (χ0v) is 12.2. The van der Waals surface area contributed by atoms with Crippen LogP contribution in [0, 0.1) is 11.6 Å². The van der Waals surface area contributed by atoms with Gasteiger partial charge in [-0.1, -0.05) is 17.7 Å². The molecule has 0 heterocycles. The molecule has 8 heteroatoms. The van der Waals surface area contributed by atoms with Crippen molar-refractivity contribution >= 4 is 27.3 Å². The lowest BCUT2D eigenvalue weighted by Crippen LogP contribution is -2.14. The zero-order chi connectivity index (χ0) is 15.6. The summed E-state index contributed by atoms with van der Waals surface area (Å²) in [6, 6.07) is 6.57. The summed E-state index contributed by atoms with van der Waals surface area (Å²) >= 11 is 5.90. The van der Waals surface area contributed by atoms with E-state index in [0.717, 1.165) is 12.1 Å². The molecular formula is C13H11ClF2N2O2S. The summed E-state index contributed by atoms with van der Waals surface area (Å²) in [5.41, 5.74) is 5.86. The van der Waals surface area contributed by atoms with Crippen molar-refractivity contribution in [3.63, 3.8) is 0 Å². The first kappa shape index (κ1) is 15.7. The molecule has 0 saturated heterocycles. The van der Waals surface area contributed by atoms with Gasteiger partial charge in [-0.3, -0.25) is 4.72 Å². The quantitative estimate of drug-likeness (QED) is 0.904. The van der Waals surface area contributed by atoms with Crippen molar-refractivity contribution in [2.45, 2.75) is 11.4 Å². The number of nitrogens with one attached hydrogen (secondary N) is 1. The van der Waals surface area contributed by atoms with E-state index in [-0.39, 0.29) is 22.2 Å². The third kappa shape index (κ3) is 3.69. The fraction of sp³-hybridized carbons (Fsp3) is 0.0769. The molecule has 2 rings (SSSR count). The first-order chi connectivity index (χ1) is 9.81. The van der Waals surface area contributed by atoms with Crippen molar-refractivity contribution in [2.75, 3.05) is 4.72 Å². The predicted molar refractivity (Wildman–Crippen MR) is 76.5 cm³/mol. The van der Waals surface area contributed by atoms with Gasteiger partial charge in [0.1, 0.15) is 16.5 Å². The molecule has 2 aromatic carbocycles. The van der Waals surface area contributed by atoms with Gasteiger partial charge in [0.25, 0.3) is 10.0 Å². The second kappa shape index (κ2) is 5.97. The van der Waals surface area contributed by atoms with Gasteiger partial charge in [-0.15, -0.1) is 0 Å². The van der Waals surface area contributed by atoms with E-state index in [1.165, 1.54) is 18.2 Å². The highest BCUT2D eigenvalue weighted by Crippen LogP contribution is 2.25. The third-order valence-corrected chi connectivity index (χ3v) is 4.50. The van der Waals surface area contributed by atoms with E-state index in [1.807, 2.05) is 0 Å². The third-order valence-electron chi connectivity index (χ3n) is 2.64. The minimum atomic E-state index is -4.06. The smallest absolute Gasteiger partial charge is 0.263 e. The Kier molecular flexibility index (Phi) is 4.46. The molecule has 0 fully saturated rings. The number of hydrogen-bond donors (Lipinski definition) is 2. The van der Waals surface area contributed by atoms with Crippen molar-refractivity contribution in [3.8, 4) is 0 Å². The molecule has 0 radical (unpaired) electrons. The number of sulfonamides is 1. The Morgan fingerprint density at radius 3 is 2.24 bits per heavy atom. The van der Waals surface area contributed by atoms with Crippen LogP contribution >= 0.6 is 11.6 Å². The van der Waals surface area contributed by atoms with E-state index >= 15 is 0 Å². The molecule has 0 saturated carbocycles. The summed E-state index contributed by atoms with van der Waals surface area (Å²) in [5.74, 6) is -1.78. The number of anilines is 1. The first-order valence-electron chi connectivity index (χ1n) is 5.79. The molecule has 0 amide bonds. The summed E-state index contributed by atoms with van der Waals surface area (Å²) in [6.45, 7) is 0.211. The Balaban J connectivity index is 2.38. The van der Waals surface area contributed by atoms with Crippen LogP contribution in [0.4, 0.5) is 14.5 Å². The Hall–Kier alpha value is -1.70. The maximum Gasteiger partial charge on any atom is 0.263 e. The summed E-state index contributed by atoms with van der Waals surface area (Å²) in [5, 5.41) is -0.0256. The lowest BCUT2D eigenvalue weighted by atomic mass is 10.2. The van der Waals surface area contributed by atoms with Gasteiger partial charge in [-0.2, -0.15) is 0 Å². The molecule has 0 atom stereocenters. The van der Waals surface area contributed by atoms with Crippen molar-refractivity contribution in [3.05, 3.63) is 58.6 Å². The largest absolute Gasteiger partial charge is 0.326 e. The van der Waals surface area contributed by atoms with Crippen LogP contribution in [0.15, 0.2) is 41.3 Å². The minimum Gasteiger partial charge on any atom is -0.326 e. The molecule has 0 bridgehead atoms. The van der Waals surface area contributed by atoms with E-state index in [9.17, 15) is 17.2 Å². The number of rotatable bonds is 4. The molecule has 3 N–H and O–H groups in total. The first-order valence-corrected chi connectivity index (χ1v) is 7.65. The fourth-order valence-corrected chi connectivity index (χ4v) is 3.32. The molecule has 0 aliphatic carbocycles. The Morgan fingerprint density at radius 1 is 1.10 bits per heavy atom. The van der Waals surface area contributed by atoms with Gasteiger partial charge in [0.05, 0.1) is 10.7 Å². The Morgan fingerprint density at radius 2 is 1.71 bits per heavy atom. The molecule has 0 aliphatic rings. The molecule has 0 spiro atoms. The highest BCUT2D eigenvalue weighted by atomic mass is 35.5. The maximum atomic E-state index is 13.1. The van der Waals surface area contributed by atoms with Gasteiger partial charge in [0.2, 0.25) is 0 Å². The van der Waals surface area contributed by atoms with Gasteiger partial charge >= 0.3 is 0 Å². The second-order valence-corrected chi connectivity index (χ2v) is 6.29.